The molecule has 8 heteroatoms. The minimum Gasteiger partial charge on any atom is -0.480 e. The van der Waals surface area contributed by atoms with Gasteiger partial charge in [-0.2, -0.15) is 11.8 Å². The van der Waals surface area contributed by atoms with Crippen LogP contribution < -0.4 is 5.32 Å². The van der Waals surface area contributed by atoms with Crippen molar-refractivity contribution in [2.75, 3.05) is 24.7 Å². The van der Waals surface area contributed by atoms with Crippen LogP contribution in [0.25, 0.3) is 0 Å². The molecule has 0 rings (SSSR count). The molecule has 204 valence electrons. The third-order valence-corrected chi connectivity index (χ3v) is 7.04. The lowest BCUT2D eigenvalue weighted by Crippen LogP contribution is -2.44. The molecule has 0 saturated heterocycles. The van der Waals surface area contributed by atoms with E-state index in [0.717, 1.165) is 24.2 Å². The molecule has 3 atom stereocenters. The molecule has 0 aromatic rings. The van der Waals surface area contributed by atoms with Gasteiger partial charge in [0.05, 0.1) is 0 Å². The molecule has 2 unspecified atom stereocenters. The van der Waals surface area contributed by atoms with E-state index in [1.165, 1.54) is 68.7 Å². The van der Waals surface area contributed by atoms with Crippen LogP contribution in [-0.2, 0) is 19.1 Å². The Labute approximate surface area is 216 Å². The first-order valence-electron chi connectivity index (χ1n) is 13.1. The minimum absolute atomic E-state index is 0.233. The quantitative estimate of drug-likeness (QED) is 0.124. The molecule has 0 aromatic heterocycles. The van der Waals surface area contributed by atoms with Crippen LogP contribution in [0.15, 0.2) is 11.6 Å². The summed E-state index contributed by atoms with van der Waals surface area (Å²) in [5.41, 5.74) is 1.31. The summed E-state index contributed by atoms with van der Waals surface area (Å²) in [4.78, 5) is 33.4. The molecule has 0 heterocycles. The van der Waals surface area contributed by atoms with Crippen LogP contribution >= 0.6 is 11.8 Å². The van der Waals surface area contributed by atoms with E-state index in [9.17, 15) is 19.5 Å². The molecule has 0 bridgehead atoms. The molecule has 0 aliphatic carbocycles. The zero-order chi connectivity index (χ0) is 26.6. The van der Waals surface area contributed by atoms with Crippen molar-refractivity contribution in [1.82, 2.24) is 5.32 Å². The van der Waals surface area contributed by atoms with Crippen molar-refractivity contribution in [2.24, 2.45) is 17.8 Å². The number of rotatable bonds is 22. The second-order valence-corrected chi connectivity index (χ2v) is 11.4. The molecule has 0 aliphatic rings. The van der Waals surface area contributed by atoms with E-state index in [1.54, 1.807) is 0 Å². The Hall–Kier alpha value is -1.54. The number of carbonyl (C=O) groups excluding carboxylic acids is 1. The molecule has 1 amide bonds. The summed E-state index contributed by atoms with van der Waals surface area (Å²) in [5.74, 6) is 0.373. The van der Waals surface area contributed by atoms with Crippen LogP contribution in [0.3, 0.4) is 0 Å². The lowest BCUT2D eigenvalue weighted by Gasteiger charge is -2.15. The first-order valence-corrected chi connectivity index (χ1v) is 14.2. The number of carboxylic acids is 2. The number of amides is 1. The fourth-order valence-electron chi connectivity index (χ4n) is 3.84. The van der Waals surface area contributed by atoms with Crippen molar-refractivity contribution in [3.05, 3.63) is 11.6 Å². The van der Waals surface area contributed by atoms with E-state index in [0.29, 0.717) is 5.75 Å². The normalized spacial score (nSPS) is 14.5. The van der Waals surface area contributed by atoms with Crippen molar-refractivity contribution >= 4 is 29.6 Å². The van der Waals surface area contributed by atoms with E-state index in [4.69, 9.17) is 5.11 Å². The van der Waals surface area contributed by atoms with Crippen molar-refractivity contribution < 1.29 is 29.3 Å². The van der Waals surface area contributed by atoms with Crippen molar-refractivity contribution in [2.45, 2.75) is 98.4 Å². The highest BCUT2D eigenvalue weighted by Crippen LogP contribution is 2.22. The Kier molecular flexibility index (Phi) is 19.7. The van der Waals surface area contributed by atoms with Gasteiger partial charge in [0.15, 0.2) is 0 Å². The summed E-state index contributed by atoms with van der Waals surface area (Å²) in [6.07, 6.45) is 13.6. The van der Waals surface area contributed by atoms with Gasteiger partial charge in [0.25, 0.3) is 0 Å². The van der Waals surface area contributed by atoms with Crippen molar-refractivity contribution in [3.63, 3.8) is 0 Å². The molecule has 0 spiro atoms. The Morgan fingerprint density at radius 1 is 0.886 bits per heavy atom. The highest BCUT2D eigenvalue weighted by molar-refractivity contribution is 7.99. The molecular weight excluding hydrogens is 466 g/mol. The lowest BCUT2D eigenvalue weighted by molar-refractivity contribution is -0.145. The standard InChI is InChI=1S/C27H49NO6S/c1-20(2)9-6-10-21(3)11-7-12-22(4)13-8-14-23(5)15-16-35-19-24(27(32)33)28-25(29)17-34-18-26(30)31/h15,20-22,24H,6-14,16-19H2,1-5H3,(H,28,29)(H,30,31)(H,32,33)/b23-15+/t21?,22?,24-/m0/s1. The summed E-state index contributed by atoms with van der Waals surface area (Å²) in [6, 6.07) is -1.03. The molecule has 0 saturated carbocycles. The van der Waals surface area contributed by atoms with Gasteiger partial charge in [0, 0.05) is 11.5 Å². The first-order chi connectivity index (χ1) is 16.5. The van der Waals surface area contributed by atoms with Crippen LogP contribution in [0.5, 0.6) is 0 Å². The Morgan fingerprint density at radius 3 is 2.00 bits per heavy atom. The van der Waals surface area contributed by atoms with Crippen LogP contribution in [0.1, 0.15) is 92.4 Å². The molecule has 7 nitrogen and oxygen atoms in total. The Balaban J connectivity index is 3.99. The largest absolute Gasteiger partial charge is 0.480 e. The van der Waals surface area contributed by atoms with Gasteiger partial charge in [-0.05, 0) is 37.5 Å². The highest BCUT2D eigenvalue weighted by atomic mass is 32.2. The first kappa shape index (κ1) is 33.5. The van der Waals surface area contributed by atoms with Gasteiger partial charge in [-0.25, -0.2) is 9.59 Å². The zero-order valence-corrected chi connectivity index (χ0v) is 23.3. The van der Waals surface area contributed by atoms with Crippen LogP contribution in [0.2, 0.25) is 0 Å². The average molecular weight is 516 g/mol. The highest BCUT2D eigenvalue weighted by Gasteiger charge is 2.19. The summed E-state index contributed by atoms with van der Waals surface area (Å²) < 4.78 is 4.68. The maximum atomic E-state index is 11.7. The summed E-state index contributed by atoms with van der Waals surface area (Å²) in [6.45, 7) is 10.4. The van der Waals surface area contributed by atoms with Gasteiger partial charge in [-0.1, -0.05) is 84.3 Å². The van der Waals surface area contributed by atoms with Gasteiger partial charge in [-0.15, -0.1) is 0 Å². The second-order valence-electron chi connectivity index (χ2n) is 10.3. The summed E-state index contributed by atoms with van der Waals surface area (Å²) in [5, 5.41) is 20.1. The minimum atomic E-state index is -1.18. The molecule has 0 aliphatic heterocycles. The third-order valence-electron chi connectivity index (χ3n) is 6.07. The predicted octanol–water partition coefficient (Wildman–Crippen LogP) is 5.78. The SMILES string of the molecule is C/C(=C\CSC[C@H](NC(=O)COCC(=O)O)C(=O)O)CCCC(C)CCCC(C)CCCC(C)C. The number of nitrogens with one attached hydrogen (secondary N) is 1. The fourth-order valence-corrected chi connectivity index (χ4v) is 4.84. The van der Waals surface area contributed by atoms with Gasteiger partial charge in [0.2, 0.25) is 5.91 Å². The van der Waals surface area contributed by atoms with Crippen LogP contribution in [-0.4, -0.2) is 58.8 Å². The zero-order valence-electron chi connectivity index (χ0n) is 22.5. The number of aliphatic carboxylic acids is 2. The van der Waals surface area contributed by atoms with Gasteiger partial charge in [0.1, 0.15) is 19.3 Å². The lowest BCUT2D eigenvalue weighted by atomic mass is 9.91. The van der Waals surface area contributed by atoms with E-state index in [-0.39, 0.29) is 5.75 Å². The summed E-state index contributed by atoms with van der Waals surface area (Å²) in [7, 11) is 0. The van der Waals surface area contributed by atoms with Gasteiger partial charge in [-0.3, -0.25) is 4.79 Å². The number of hydrogen-bond acceptors (Lipinski definition) is 5. The molecule has 3 N–H and O–H groups in total. The molecule has 35 heavy (non-hydrogen) atoms. The topological polar surface area (TPSA) is 113 Å². The predicted molar refractivity (Wildman–Crippen MR) is 144 cm³/mol. The maximum absolute atomic E-state index is 11.7. The average Bonchev–Trinajstić information content (AvgIpc) is 2.75. The molecular formula is C27H49NO6S. The van der Waals surface area contributed by atoms with Crippen LogP contribution in [0.4, 0.5) is 0 Å². The smallest absolute Gasteiger partial charge is 0.329 e. The maximum Gasteiger partial charge on any atom is 0.329 e. The number of carboxylic acid groups (broad SMARTS) is 2. The molecule has 0 fully saturated rings. The van der Waals surface area contributed by atoms with E-state index < -0.39 is 37.1 Å². The van der Waals surface area contributed by atoms with Crippen molar-refractivity contribution in [3.8, 4) is 0 Å². The van der Waals surface area contributed by atoms with E-state index in [1.807, 2.05) is 0 Å². The Bertz CT molecular complexity index is 637. The molecule has 0 radical (unpaired) electrons. The van der Waals surface area contributed by atoms with Gasteiger partial charge >= 0.3 is 11.9 Å². The Morgan fingerprint density at radius 2 is 1.46 bits per heavy atom. The second kappa shape index (κ2) is 20.6. The number of hydrogen-bond donors (Lipinski definition) is 3. The molecule has 0 aromatic carbocycles. The third kappa shape index (κ3) is 21.5. The number of thioether (sulfide) groups is 1. The van der Waals surface area contributed by atoms with Gasteiger partial charge < -0.3 is 20.3 Å². The van der Waals surface area contributed by atoms with Crippen LogP contribution in [0, 0.1) is 17.8 Å². The number of ether oxygens (including phenoxy) is 1. The summed E-state index contributed by atoms with van der Waals surface area (Å²) >= 11 is 1.44. The monoisotopic (exact) mass is 515 g/mol. The van der Waals surface area contributed by atoms with E-state index in [2.05, 4.69) is 50.7 Å². The van der Waals surface area contributed by atoms with Crippen molar-refractivity contribution in [1.29, 1.82) is 0 Å². The fraction of sp³-hybridized carbons (Fsp3) is 0.815. The number of carbonyl (C=O) groups is 3. The van der Waals surface area contributed by atoms with E-state index >= 15 is 0 Å². The number of allylic oxidation sites excluding steroid dienone is 1.